The number of fused-ring (bicyclic) bond motifs is 1. The summed E-state index contributed by atoms with van der Waals surface area (Å²) >= 11 is 2.61. The lowest BCUT2D eigenvalue weighted by Crippen LogP contribution is -2.71. The van der Waals surface area contributed by atoms with Gasteiger partial charge in [-0.1, -0.05) is 5.16 Å². The number of likely N-dealkylation sites (tertiary alicyclic amines) is 1. The highest BCUT2D eigenvalue weighted by atomic mass is 32.2. The van der Waals surface area contributed by atoms with Crippen LogP contribution < -0.4 is 11.1 Å². The molecule has 1 aromatic heterocycles. The Hall–Kier alpha value is -2.64. The number of hydrogen-bond donors (Lipinski definition) is 3. The average Bonchev–Trinajstić information content (AvgIpc) is 3.21. The number of thiazole rings is 1. The van der Waals surface area contributed by atoms with E-state index in [1.165, 1.54) is 30.2 Å². The maximum atomic E-state index is 13.0. The van der Waals surface area contributed by atoms with Gasteiger partial charge in [0, 0.05) is 16.7 Å². The fourth-order valence-corrected chi connectivity index (χ4v) is 6.48. The van der Waals surface area contributed by atoms with Crippen LogP contribution in [-0.2, 0) is 19.2 Å². The maximum Gasteiger partial charge on any atom is 0.352 e. The molecular formula is C20H27N6O5S2+. The fraction of sp³-hybridized carbons (Fsp3) is 0.550. The van der Waals surface area contributed by atoms with Crippen molar-refractivity contribution in [1.82, 2.24) is 15.2 Å². The third-order valence-electron chi connectivity index (χ3n) is 6.17. The normalized spacial score (nSPS) is 24.7. The van der Waals surface area contributed by atoms with Gasteiger partial charge in [-0.2, -0.15) is 0 Å². The molecule has 2 fully saturated rings. The number of carboxylic acids is 1. The SMILES string of the molecule is CON=C(C(=O)NC1C(=O)N2C(C(=O)O)=C(C[N+]3(C)CCCCC3)CS[C@@H]12)c1csc(N)n1. The molecule has 178 valence electrons. The zero-order valence-corrected chi connectivity index (χ0v) is 20.1. The van der Waals surface area contributed by atoms with Gasteiger partial charge in [0.05, 0.1) is 20.1 Å². The fourth-order valence-electron chi connectivity index (χ4n) is 4.60. The van der Waals surface area contributed by atoms with Gasteiger partial charge in [0.25, 0.3) is 11.8 Å². The van der Waals surface area contributed by atoms with Crippen LogP contribution in [0.15, 0.2) is 21.8 Å². The molecule has 0 spiro atoms. The van der Waals surface area contributed by atoms with Crippen molar-refractivity contribution in [2.24, 2.45) is 5.16 Å². The smallest absolute Gasteiger partial charge is 0.352 e. The molecule has 4 heterocycles. The van der Waals surface area contributed by atoms with E-state index in [0.29, 0.717) is 12.3 Å². The van der Waals surface area contributed by atoms with Crippen LogP contribution >= 0.6 is 23.1 Å². The molecule has 33 heavy (non-hydrogen) atoms. The van der Waals surface area contributed by atoms with Crippen molar-refractivity contribution < 1.29 is 28.8 Å². The summed E-state index contributed by atoms with van der Waals surface area (Å²) in [6.45, 7) is 2.61. The number of nitrogens with two attached hydrogens (primary N) is 1. The zero-order chi connectivity index (χ0) is 23.8. The van der Waals surface area contributed by atoms with E-state index >= 15 is 0 Å². The lowest BCUT2D eigenvalue weighted by molar-refractivity contribution is -0.909. The molecule has 3 aliphatic heterocycles. The van der Waals surface area contributed by atoms with Gasteiger partial charge in [-0.15, -0.1) is 23.1 Å². The topological polar surface area (TPSA) is 147 Å². The molecule has 0 aromatic carbocycles. The number of likely N-dealkylation sites (N-methyl/N-ethyl adjacent to an activating group) is 1. The monoisotopic (exact) mass is 495 g/mol. The molecule has 0 saturated carbocycles. The number of piperidine rings is 1. The Bertz CT molecular complexity index is 1030. The van der Waals surface area contributed by atoms with Gasteiger partial charge in [-0.25, -0.2) is 9.78 Å². The van der Waals surface area contributed by atoms with Crippen LogP contribution in [0.3, 0.4) is 0 Å². The third-order valence-corrected chi connectivity index (χ3v) is 8.18. The summed E-state index contributed by atoms with van der Waals surface area (Å²) in [5, 5.41) is 17.7. The summed E-state index contributed by atoms with van der Waals surface area (Å²) in [5.74, 6) is -1.71. The van der Waals surface area contributed by atoms with Gasteiger partial charge in [0.1, 0.15) is 36.5 Å². The number of hydrogen-bond acceptors (Lipinski definition) is 9. The van der Waals surface area contributed by atoms with Crippen molar-refractivity contribution in [3.8, 4) is 0 Å². The molecule has 0 aliphatic carbocycles. The lowest BCUT2D eigenvalue weighted by Gasteiger charge is -2.50. The number of carboxylic acid groups (broad SMARTS) is 1. The first-order valence-corrected chi connectivity index (χ1v) is 12.5. The molecular weight excluding hydrogens is 468 g/mol. The number of oxime groups is 1. The van der Waals surface area contributed by atoms with E-state index in [0.717, 1.165) is 47.3 Å². The Kier molecular flexibility index (Phi) is 6.64. The van der Waals surface area contributed by atoms with Crippen molar-refractivity contribution in [1.29, 1.82) is 0 Å². The minimum atomic E-state index is -1.11. The molecule has 2 saturated heterocycles. The van der Waals surface area contributed by atoms with Crippen LogP contribution in [0.2, 0.25) is 0 Å². The molecule has 3 aliphatic rings. The van der Waals surface area contributed by atoms with Gasteiger partial charge < -0.3 is 25.5 Å². The number of quaternary nitrogens is 1. The number of nitrogens with one attached hydrogen (secondary N) is 1. The van der Waals surface area contributed by atoms with Crippen LogP contribution in [0, 0.1) is 0 Å². The van der Waals surface area contributed by atoms with E-state index < -0.39 is 29.2 Å². The first-order valence-electron chi connectivity index (χ1n) is 10.6. The number of nitrogens with zero attached hydrogens (tertiary/aromatic N) is 4. The maximum absolute atomic E-state index is 13.0. The number of anilines is 1. The minimum absolute atomic E-state index is 0.0530. The van der Waals surface area contributed by atoms with Crippen molar-refractivity contribution in [3.05, 3.63) is 22.3 Å². The lowest BCUT2D eigenvalue weighted by atomic mass is 10.0. The molecule has 13 heteroatoms. The largest absolute Gasteiger partial charge is 0.477 e. The number of carbonyl (C=O) groups excluding carboxylic acids is 2. The Morgan fingerprint density at radius 3 is 2.73 bits per heavy atom. The Labute approximate surface area is 199 Å². The molecule has 11 nitrogen and oxygen atoms in total. The highest BCUT2D eigenvalue weighted by Crippen LogP contribution is 2.41. The van der Waals surface area contributed by atoms with Gasteiger partial charge in [-0.3, -0.25) is 14.5 Å². The standard InChI is InChI=1S/C20H26N6O5S2/c1-26(6-4-3-5-7-26)8-11-9-32-18-14(17(28)25(18)15(11)19(29)30)23-16(27)13(24-31-2)12-10-33-20(21)22-12/h10,14,18H,3-9H2,1-2H3,(H3-,21,22,23,27,29,30)/p+1/t14?,18-/m0/s1. The predicted molar refractivity (Wildman–Crippen MR) is 124 cm³/mol. The van der Waals surface area contributed by atoms with Gasteiger partial charge in [0.2, 0.25) is 0 Å². The van der Waals surface area contributed by atoms with Crippen LogP contribution in [0.1, 0.15) is 25.0 Å². The zero-order valence-electron chi connectivity index (χ0n) is 18.4. The predicted octanol–water partition coefficient (Wildman–Crippen LogP) is 0.445. The van der Waals surface area contributed by atoms with Crippen molar-refractivity contribution in [3.63, 3.8) is 0 Å². The molecule has 1 aromatic rings. The summed E-state index contributed by atoms with van der Waals surface area (Å²) in [6.07, 6.45) is 3.44. The van der Waals surface area contributed by atoms with E-state index in [-0.39, 0.29) is 22.2 Å². The second kappa shape index (κ2) is 9.31. The number of thioether (sulfide) groups is 1. The minimum Gasteiger partial charge on any atom is -0.477 e. The molecule has 4 rings (SSSR count). The van der Waals surface area contributed by atoms with Crippen LogP contribution in [0.25, 0.3) is 0 Å². The first kappa shape index (κ1) is 23.5. The Morgan fingerprint density at radius 2 is 2.12 bits per heavy atom. The highest BCUT2D eigenvalue weighted by Gasteiger charge is 2.55. The summed E-state index contributed by atoms with van der Waals surface area (Å²) < 4.78 is 0.785. The van der Waals surface area contributed by atoms with E-state index in [4.69, 9.17) is 10.6 Å². The van der Waals surface area contributed by atoms with Crippen molar-refractivity contribution in [2.75, 3.05) is 45.3 Å². The Morgan fingerprint density at radius 1 is 1.39 bits per heavy atom. The molecule has 2 amide bonds. The molecule has 2 atom stereocenters. The third kappa shape index (κ3) is 4.57. The van der Waals surface area contributed by atoms with Crippen molar-refractivity contribution >= 4 is 51.7 Å². The van der Waals surface area contributed by atoms with Crippen molar-refractivity contribution in [2.45, 2.75) is 30.7 Å². The van der Waals surface area contributed by atoms with Crippen LogP contribution in [0.4, 0.5) is 5.13 Å². The van der Waals surface area contributed by atoms with Crippen LogP contribution in [0.5, 0.6) is 0 Å². The number of nitrogen functional groups attached to an aromatic ring is 1. The quantitative estimate of drug-likeness (QED) is 0.214. The Balaban J connectivity index is 1.51. The summed E-state index contributed by atoms with van der Waals surface area (Å²) in [5.41, 5.74) is 6.61. The average molecular weight is 496 g/mol. The second-order valence-corrected chi connectivity index (χ2v) is 10.6. The van der Waals surface area contributed by atoms with Crippen LogP contribution in [-0.4, -0.2) is 93.9 Å². The molecule has 1 unspecified atom stereocenters. The number of rotatable bonds is 7. The van der Waals surface area contributed by atoms with E-state index in [2.05, 4.69) is 22.5 Å². The molecule has 0 radical (unpaired) electrons. The number of aromatic nitrogens is 1. The first-order chi connectivity index (χ1) is 15.7. The highest BCUT2D eigenvalue weighted by molar-refractivity contribution is 8.00. The number of β-lactam (4-membered cyclic amide) rings is 1. The second-order valence-electron chi connectivity index (χ2n) is 8.60. The van der Waals surface area contributed by atoms with E-state index in [1.807, 2.05) is 0 Å². The van der Waals surface area contributed by atoms with Gasteiger partial charge >= 0.3 is 5.97 Å². The summed E-state index contributed by atoms with van der Waals surface area (Å²) in [7, 11) is 3.44. The van der Waals surface area contributed by atoms with Gasteiger partial charge in [0.15, 0.2) is 10.8 Å². The van der Waals surface area contributed by atoms with Gasteiger partial charge in [-0.05, 0) is 19.3 Å². The van der Waals surface area contributed by atoms with E-state index in [1.54, 1.807) is 5.38 Å². The molecule has 0 bridgehead atoms. The molecule has 4 N–H and O–H groups in total. The number of aliphatic carboxylic acids is 1. The summed E-state index contributed by atoms with van der Waals surface area (Å²) in [4.78, 5) is 48.1. The summed E-state index contributed by atoms with van der Waals surface area (Å²) in [6, 6.07) is -0.865. The van der Waals surface area contributed by atoms with E-state index in [9.17, 15) is 19.5 Å². The number of amides is 2. The number of carbonyl (C=O) groups is 3.